The second-order valence-corrected chi connectivity index (χ2v) is 6.47. The topological polar surface area (TPSA) is 42.7 Å². The third-order valence-corrected chi connectivity index (χ3v) is 4.58. The van der Waals surface area contributed by atoms with Crippen LogP contribution < -0.4 is 5.32 Å². The van der Waals surface area contributed by atoms with Crippen LogP contribution in [0.5, 0.6) is 0 Å². The molecule has 0 saturated carbocycles. The Balaban J connectivity index is 1.61. The second-order valence-electron chi connectivity index (χ2n) is 6.47. The summed E-state index contributed by atoms with van der Waals surface area (Å²) in [7, 11) is 0. The summed E-state index contributed by atoms with van der Waals surface area (Å²) in [6.45, 7) is 3.94. The molecule has 0 aliphatic rings. The molecule has 4 aromatic rings. The van der Waals surface area contributed by atoms with Crippen LogP contribution in [0, 0.1) is 6.92 Å². The Morgan fingerprint density at radius 3 is 2.73 bits per heavy atom. The number of hydrogen-bond acceptors (Lipinski definition) is 3. The van der Waals surface area contributed by atoms with Gasteiger partial charge in [-0.1, -0.05) is 48.5 Å². The molecule has 2 heterocycles. The number of nitrogens with zero attached hydrogens (tertiary/aromatic N) is 3. The van der Waals surface area contributed by atoms with E-state index in [1.807, 2.05) is 24.8 Å². The third-order valence-electron chi connectivity index (χ3n) is 4.58. The lowest BCUT2D eigenvalue weighted by Crippen LogP contribution is -2.07. The molecule has 0 aliphatic carbocycles. The Kier molecular flexibility index (Phi) is 4.65. The minimum Gasteiger partial charge on any atom is -0.370 e. The molecule has 4 rings (SSSR count). The van der Waals surface area contributed by atoms with E-state index in [1.54, 1.807) is 0 Å². The predicted molar refractivity (Wildman–Crippen MR) is 107 cm³/mol. The maximum absolute atomic E-state index is 4.87. The first kappa shape index (κ1) is 16.3. The van der Waals surface area contributed by atoms with Crippen molar-refractivity contribution in [1.82, 2.24) is 14.5 Å². The van der Waals surface area contributed by atoms with Crippen LogP contribution in [-0.2, 0) is 6.54 Å². The lowest BCUT2D eigenvalue weighted by molar-refractivity contribution is 0.660. The molecular weight excluding hydrogens is 320 g/mol. The van der Waals surface area contributed by atoms with E-state index in [1.165, 1.54) is 22.1 Å². The molecule has 0 unspecified atom stereocenters. The first-order chi connectivity index (χ1) is 12.8. The van der Waals surface area contributed by atoms with Crippen LogP contribution in [0.15, 0.2) is 73.3 Å². The van der Waals surface area contributed by atoms with Gasteiger partial charge in [-0.2, -0.15) is 0 Å². The highest BCUT2D eigenvalue weighted by molar-refractivity contribution is 5.97. The summed E-state index contributed by atoms with van der Waals surface area (Å²) < 4.78 is 2.09. The molecule has 0 radical (unpaired) electrons. The van der Waals surface area contributed by atoms with Crippen LogP contribution in [0.2, 0.25) is 0 Å². The molecule has 130 valence electrons. The van der Waals surface area contributed by atoms with E-state index in [2.05, 4.69) is 70.3 Å². The number of aromatic nitrogens is 3. The van der Waals surface area contributed by atoms with Gasteiger partial charge in [0.05, 0.1) is 11.8 Å². The second kappa shape index (κ2) is 7.40. The maximum atomic E-state index is 4.87. The molecule has 0 fully saturated rings. The highest BCUT2D eigenvalue weighted by atomic mass is 15.0. The van der Waals surface area contributed by atoms with Gasteiger partial charge in [0.2, 0.25) is 0 Å². The van der Waals surface area contributed by atoms with E-state index in [4.69, 9.17) is 4.98 Å². The van der Waals surface area contributed by atoms with Crippen LogP contribution in [-0.4, -0.2) is 21.1 Å². The maximum Gasteiger partial charge on any atom is 0.127 e. The smallest absolute Gasteiger partial charge is 0.127 e. The van der Waals surface area contributed by atoms with Crippen LogP contribution in [0.3, 0.4) is 0 Å². The SMILES string of the molecule is Cc1cccc2c(-c3ccccc3)cc(NCCCn3ccnc3)nc12. The minimum absolute atomic E-state index is 0.872. The highest BCUT2D eigenvalue weighted by Gasteiger charge is 2.09. The fourth-order valence-electron chi connectivity index (χ4n) is 3.24. The van der Waals surface area contributed by atoms with E-state index in [-0.39, 0.29) is 0 Å². The highest BCUT2D eigenvalue weighted by Crippen LogP contribution is 2.31. The largest absolute Gasteiger partial charge is 0.370 e. The van der Waals surface area contributed by atoms with E-state index < -0.39 is 0 Å². The number of aryl methyl sites for hydroxylation is 2. The van der Waals surface area contributed by atoms with Gasteiger partial charge in [0.25, 0.3) is 0 Å². The van der Waals surface area contributed by atoms with Crippen molar-refractivity contribution in [2.45, 2.75) is 19.9 Å². The summed E-state index contributed by atoms with van der Waals surface area (Å²) in [5.41, 5.74) is 4.69. The Bertz CT molecular complexity index is 992. The van der Waals surface area contributed by atoms with Crippen LogP contribution >= 0.6 is 0 Å². The Labute approximate surface area is 153 Å². The number of pyridine rings is 1. The molecule has 4 heteroatoms. The summed E-state index contributed by atoms with van der Waals surface area (Å²) in [5, 5.41) is 4.69. The summed E-state index contributed by atoms with van der Waals surface area (Å²) in [4.78, 5) is 8.94. The molecule has 0 aliphatic heterocycles. The zero-order valence-electron chi connectivity index (χ0n) is 14.9. The lowest BCUT2D eigenvalue weighted by Gasteiger charge is -2.13. The monoisotopic (exact) mass is 342 g/mol. The summed E-state index contributed by atoms with van der Waals surface area (Å²) >= 11 is 0. The zero-order chi connectivity index (χ0) is 17.8. The molecule has 0 spiro atoms. The number of fused-ring (bicyclic) bond motifs is 1. The number of nitrogens with one attached hydrogen (secondary N) is 1. The van der Waals surface area contributed by atoms with Gasteiger partial charge in [0.1, 0.15) is 5.82 Å². The van der Waals surface area contributed by atoms with Crippen molar-refractivity contribution in [3.8, 4) is 11.1 Å². The van der Waals surface area contributed by atoms with Gasteiger partial charge in [0.15, 0.2) is 0 Å². The molecular formula is C22H22N4. The number of hydrogen-bond donors (Lipinski definition) is 1. The molecule has 4 nitrogen and oxygen atoms in total. The van der Waals surface area contributed by atoms with Crippen LogP contribution in [0.4, 0.5) is 5.82 Å². The summed E-state index contributed by atoms with van der Waals surface area (Å²) in [6.07, 6.45) is 6.67. The van der Waals surface area contributed by atoms with Crippen LogP contribution in [0.25, 0.3) is 22.0 Å². The van der Waals surface area contributed by atoms with Crippen LogP contribution in [0.1, 0.15) is 12.0 Å². The van der Waals surface area contributed by atoms with Crippen molar-refractivity contribution in [2.75, 3.05) is 11.9 Å². The normalized spacial score (nSPS) is 11.0. The zero-order valence-corrected chi connectivity index (χ0v) is 14.9. The van der Waals surface area contributed by atoms with Gasteiger partial charge >= 0.3 is 0 Å². The standard InChI is InChI=1S/C22H22N4/c1-17-7-5-10-19-20(18-8-3-2-4-9-18)15-21(25-22(17)19)24-11-6-13-26-14-12-23-16-26/h2-5,7-10,12,14-16H,6,11,13H2,1H3,(H,24,25). The van der Waals surface area contributed by atoms with E-state index >= 15 is 0 Å². The minimum atomic E-state index is 0.872. The molecule has 0 bridgehead atoms. The molecule has 1 N–H and O–H groups in total. The van der Waals surface area contributed by atoms with Crippen molar-refractivity contribution in [3.63, 3.8) is 0 Å². The number of anilines is 1. The van der Waals surface area contributed by atoms with Gasteiger partial charge in [-0.3, -0.25) is 0 Å². The third kappa shape index (κ3) is 3.45. The summed E-state index contributed by atoms with van der Waals surface area (Å²) in [6, 6.07) is 19.0. The van der Waals surface area contributed by atoms with Crippen molar-refractivity contribution in [1.29, 1.82) is 0 Å². The quantitative estimate of drug-likeness (QED) is 0.506. The van der Waals surface area contributed by atoms with Gasteiger partial charge in [0, 0.05) is 30.9 Å². The average molecular weight is 342 g/mol. The predicted octanol–water partition coefficient (Wildman–Crippen LogP) is 4.91. The van der Waals surface area contributed by atoms with E-state index in [0.717, 1.165) is 30.8 Å². The molecule has 26 heavy (non-hydrogen) atoms. The average Bonchev–Trinajstić information content (AvgIpc) is 3.19. The molecule has 2 aromatic heterocycles. The van der Waals surface area contributed by atoms with Gasteiger partial charge in [-0.25, -0.2) is 9.97 Å². The molecule has 0 atom stereocenters. The van der Waals surface area contributed by atoms with Crippen molar-refractivity contribution < 1.29 is 0 Å². The molecule has 0 saturated heterocycles. The van der Waals surface area contributed by atoms with Crippen molar-refractivity contribution >= 4 is 16.7 Å². The molecule has 2 aromatic carbocycles. The Hall–Kier alpha value is -3.14. The van der Waals surface area contributed by atoms with E-state index in [0.29, 0.717) is 0 Å². The Morgan fingerprint density at radius 2 is 1.92 bits per heavy atom. The number of para-hydroxylation sites is 1. The Morgan fingerprint density at radius 1 is 1.04 bits per heavy atom. The molecule has 0 amide bonds. The van der Waals surface area contributed by atoms with Gasteiger partial charge in [-0.15, -0.1) is 0 Å². The first-order valence-corrected chi connectivity index (χ1v) is 8.97. The van der Waals surface area contributed by atoms with Crippen molar-refractivity contribution in [3.05, 3.63) is 78.9 Å². The lowest BCUT2D eigenvalue weighted by atomic mass is 9.99. The first-order valence-electron chi connectivity index (χ1n) is 8.97. The fraction of sp³-hybridized carbons (Fsp3) is 0.182. The van der Waals surface area contributed by atoms with Gasteiger partial charge in [-0.05, 0) is 36.1 Å². The number of imidazole rings is 1. The number of benzene rings is 2. The fourth-order valence-corrected chi connectivity index (χ4v) is 3.24. The van der Waals surface area contributed by atoms with E-state index in [9.17, 15) is 0 Å². The van der Waals surface area contributed by atoms with Gasteiger partial charge < -0.3 is 9.88 Å². The number of rotatable bonds is 6. The van der Waals surface area contributed by atoms with Crippen molar-refractivity contribution in [2.24, 2.45) is 0 Å². The summed E-state index contributed by atoms with van der Waals surface area (Å²) in [5.74, 6) is 0.927.